The molecule has 1 aromatic heterocycles. The summed E-state index contributed by atoms with van der Waals surface area (Å²) < 4.78 is 5.66. The van der Waals surface area contributed by atoms with Gasteiger partial charge >= 0.3 is 0 Å². The van der Waals surface area contributed by atoms with Crippen molar-refractivity contribution in [2.24, 2.45) is 5.73 Å². The summed E-state index contributed by atoms with van der Waals surface area (Å²) in [4.78, 5) is 6.89. The highest BCUT2D eigenvalue weighted by Gasteiger charge is 2.19. The maximum atomic E-state index is 5.66. The minimum atomic E-state index is 0.457. The molecule has 1 aliphatic rings. The highest BCUT2D eigenvalue weighted by Crippen LogP contribution is 2.15. The number of ether oxygens (including phenoxy) is 1. The SMILES string of the molecule is CCOC1CCN(Cc2ccc(CN)cn2)CC1. The van der Waals surface area contributed by atoms with E-state index in [2.05, 4.69) is 28.9 Å². The molecule has 0 aromatic carbocycles. The average Bonchev–Trinajstić information content (AvgIpc) is 2.42. The summed E-state index contributed by atoms with van der Waals surface area (Å²) in [5, 5.41) is 0. The molecule has 2 rings (SSSR count). The molecule has 0 bridgehead atoms. The van der Waals surface area contributed by atoms with Gasteiger partial charge in [-0.25, -0.2) is 0 Å². The fraction of sp³-hybridized carbons (Fsp3) is 0.643. The van der Waals surface area contributed by atoms with Gasteiger partial charge in [-0.1, -0.05) is 6.07 Å². The van der Waals surface area contributed by atoms with Crippen molar-refractivity contribution in [3.05, 3.63) is 29.6 Å². The Kier molecular flexibility index (Phi) is 5.11. The molecule has 2 N–H and O–H groups in total. The summed E-state index contributed by atoms with van der Waals surface area (Å²) in [6, 6.07) is 4.14. The van der Waals surface area contributed by atoms with Crippen molar-refractivity contribution in [1.29, 1.82) is 0 Å². The number of aromatic nitrogens is 1. The number of hydrogen-bond acceptors (Lipinski definition) is 4. The molecule has 1 aliphatic heterocycles. The molecule has 1 saturated heterocycles. The first-order valence-electron chi connectivity index (χ1n) is 6.79. The quantitative estimate of drug-likeness (QED) is 0.860. The Hall–Kier alpha value is -0.970. The molecule has 0 aliphatic carbocycles. The smallest absolute Gasteiger partial charge is 0.0599 e. The third-order valence-electron chi connectivity index (χ3n) is 3.44. The van der Waals surface area contributed by atoms with Crippen LogP contribution in [0.1, 0.15) is 31.0 Å². The van der Waals surface area contributed by atoms with Crippen molar-refractivity contribution in [1.82, 2.24) is 9.88 Å². The van der Waals surface area contributed by atoms with E-state index in [1.165, 1.54) is 0 Å². The number of rotatable bonds is 5. The third kappa shape index (κ3) is 3.77. The Labute approximate surface area is 109 Å². The summed E-state index contributed by atoms with van der Waals surface area (Å²) in [5.41, 5.74) is 7.78. The van der Waals surface area contributed by atoms with Crippen molar-refractivity contribution in [3.63, 3.8) is 0 Å². The number of likely N-dealkylation sites (tertiary alicyclic amines) is 1. The highest BCUT2D eigenvalue weighted by atomic mass is 16.5. The molecule has 0 unspecified atom stereocenters. The van der Waals surface area contributed by atoms with E-state index in [0.29, 0.717) is 12.6 Å². The highest BCUT2D eigenvalue weighted by molar-refractivity contribution is 5.13. The molecule has 0 amide bonds. The standard InChI is InChI=1S/C14H23N3O/c1-2-18-14-5-7-17(8-6-14)11-13-4-3-12(9-15)10-16-13/h3-4,10,14H,2,5-9,11,15H2,1H3. The van der Waals surface area contributed by atoms with Gasteiger partial charge < -0.3 is 10.5 Å². The third-order valence-corrected chi connectivity index (χ3v) is 3.44. The predicted molar refractivity (Wildman–Crippen MR) is 72.1 cm³/mol. The molecule has 0 saturated carbocycles. The Morgan fingerprint density at radius 3 is 2.72 bits per heavy atom. The van der Waals surface area contributed by atoms with Crippen molar-refractivity contribution in [2.75, 3.05) is 19.7 Å². The zero-order valence-electron chi connectivity index (χ0n) is 11.1. The lowest BCUT2D eigenvalue weighted by atomic mass is 10.1. The molecule has 100 valence electrons. The first-order valence-corrected chi connectivity index (χ1v) is 6.79. The molecular weight excluding hydrogens is 226 g/mol. The Balaban J connectivity index is 1.80. The average molecular weight is 249 g/mol. The van der Waals surface area contributed by atoms with Crippen LogP contribution in [0, 0.1) is 0 Å². The number of piperidine rings is 1. The molecular formula is C14H23N3O. The van der Waals surface area contributed by atoms with E-state index < -0.39 is 0 Å². The zero-order chi connectivity index (χ0) is 12.8. The second kappa shape index (κ2) is 6.83. The number of hydrogen-bond donors (Lipinski definition) is 1. The van der Waals surface area contributed by atoms with E-state index in [1.807, 2.05) is 6.20 Å². The van der Waals surface area contributed by atoms with Gasteiger partial charge in [0.2, 0.25) is 0 Å². The summed E-state index contributed by atoms with van der Waals surface area (Å²) in [5.74, 6) is 0. The predicted octanol–water partition coefficient (Wildman–Crippen LogP) is 1.54. The second-order valence-electron chi connectivity index (χ2n) is 4.79. The van der Waals surface area contributed by atoms with Gasteiger partial charge in [-0.3, -0.25) is 9.88 Å². The van der Waals surface area contributed by atoms with Crippen molar-refractivity contribution in [3.8, 4) is 0 Å². The van der Waals surface area contributed by atoms with E-state index in [4.69, 9.17) is 10.5 Å². The lowest BCUT2D eigenvalue weighted by molar-refractivity contribution is 0.0123. The number of pyridine rings is 1. The van der Waals surface area contributed by atoms with Crippen molar-refractivity contribution >= 4 is 0 Å². The molecule has 1 fully saturated rings. The monoisotopic (exact) mass is 249 g/mol. The number of nitrogens with two attached hydrogens (primary N) is 1. The molecule has 0 spiro atoms. The lowest BCUT2D eigenvalue weighted by Crippen LogP contribution is -2.36. The van der Waals surface area contributed by atoms with Crippen LogP contribution in [0.2, 0.25) is 0 Å². The minimum absolute atomic E-state index is 0.457. The molecule has 4 heteroatoms. The second-order valence-corrected chi connectivity index (χ2v) is 4.79. The Bertz CT molecular complexity index is 345. The fourth-order valence-corrected chi connectivity index (χ4v) is 2.37. The van der Waals surface area contributed by atoms with Crippen LogP contribution in [0.4, 0.5) is 0 Å². The Morgan fingerprint density at radius 1 is 1.39 bits per heavy atom. The maximum Gasteiger partial charge on any atom is 0.0599 e. The van der Waals surface area contributed by atoms with Gasteiger partial charge in [0.1, 0.15) is 0 Å². The van der Waals surface area contributed by atoms with Crippen molar-refractivity contribution in [2.45, 2.75) is 39.0 Å². The van der Waals surface area contributed by atoms with E-state index >= 15 is 0 Å². The van der Waals surface area contributed by atoms with Crippen LogP contribution in [0.15, 0.2) is 18.3 Å². The summed E-state index contributed by atoms with van der Waals surface area (Å²) in [6.07, 6.45) is 4.60. The molecule has 18 heavy (non-hydrogen) atoms. The van der Waals surface area contributed by atoms with Gasteiger partial charge in [0.25, 0.3) is 0 Å². The summed E-state index contributed by atoms with van der Waals surface area (Å²) in [7, 11) is 0. The van der Waals surface area contributed by atoms with Crippen LogP contribution in [-0.4, -0.2) is 35.7 Å². The largest absolute Gasteiger partial charge is 0.378 e. The normalized spacial score (nSPS) is 18.1. The lowest BCUT2D eigenvalue weighted by Gasteiger charge is -2.31. The van der Waals surface area contributed by atoms with E-state index in [0.717, 1.165) is 50.3 Å². The maximum absolute atomic E-state index is 5.66. The van der Waals surface area contributed by atoms with Gasteiger partial charge in [-0.15, -0.1) is 0 Å². The molecule has 0 atom stereocenters. The van der Waals surface area contributed by atoms with Crippen LogP contribution in [-0.2, 0) is 17.8 Å². The van der Waals surface area contributed by atoms with Gasteiger partial charge in [-0.05, 0) is 31.4 Å². The van der Waals surface area contributed by atoms with E-state index in [-0.39, 0.29) is 0 Å². The van der Waals surface area contributed by atoms with Gasteiger partial charge in [0, 0.05) is 39.0 Å². The first-order chi connectivity index (χ1) is 8.81. The summed E-state index contributed by atoms with van der Waals surface area (Å²) in [6.45, 7) is 6.59. The summed E-state index contributed by atoms with van der Waals surface area (Å²) >= 11 is 0. The van der Waals surface area contributed by atoms with E-state index in [1.54, 1.807) is 0 Å². The molecule has 0 radical (unpaired) electrons. The van der Waals surface area contributed by atoms with Crippen LogP contribution < -0.4 is 5.73 Å². The van der Waals surface area contributed by atoms with Crippen LogP contribution in [0.5, 0.6) is 0 Å². The van der Waals surface area contributed by atoms with Gasteiger partial charge in [0.15, 0.2) is 0 Å². The fourth-order valence-electron chi connectivity index (χ4n) is 2.37. The molecule has 4 nitrogen and oxygen atoms in total. The number of nitrogens with zero attached hydrogens (tertiary/aromatic N) is 2. The van der Waals surface area contributed by atoms with Crippen molar-refractivity contribution < 1.29 is 4.74 Å². The van der Waals surface area contributed by atoms with Crippen LogP contribution in [0.25, 0.3) is 0 Å². The van der Waals surface area contributed by atoms with E-state index in [9.17, 15) is 0 Å². The zero-order valence-corrected chi connectivity index (χ0v) is 11.1. The first kappa shape index (κ1) is 13.5. The Morgan fingerprint density at radius 2 is 2.17 bits per heavy atom. The topological polar surface area (TPSA) is 51.4 Å². The van der Waals surface area contributed by atoms with Gasteiger partial charge in [-0.2, -0.15) is 0 Å². The molecule has 1 aromatic rings. The molecule has 2 heterocycles. The van der Waals surface area contributed by atoms with Crippen LogP contribution in [0.3, 0.4) is 0 Å². The minimum Gasteiger partial charge on any atom is -0.378 e. The van der Waals surface area contributed by atoms with Crippen LogP contribution >= 0.6 is 0 Å². The van der Waals surface area contributed by atoms with Gasteiger partial charge in [0.05, 0.1) is 11.8 Å².